The Bertz CT molecular complexity index is 623. The highest BCUT2D eigenvalue weighted by molar-refractivity contribution is 5.83. The van der Waals surface area contributed by atoms with Gasteiger partial charge in [0.25, 0.3) is 0 Å². The summed E-state index contributed by atoms with van der Waals surface area (Å²) in [5, 5.41) is 3.06. The van der Waals surface area contributed by atoms with E-state index in [1.807, 2.05) is 36.9 Å². The average molecular weight is 358 g/mol. The molecule has 1 spiro atoms. The summed E-state index contributed by atoms with van der Waals surface area (Å²) >= 11 is 0. The Morgan fingerprint density at radius 1 is 1.23 bits per heavy atom. The molecule has 2 heterocycles. The fourth-order valence-electron chi connectivity index (χ4n) is 4.24. The molecule has 5 nitrogen and oxygen atoms in total. The van der Waals surface area contributed by atoms with Gasteiger partial charge in [0.05, 0.1) is 5.92 Å². The van der Waals surface area contributed by atoms with E-state index in [0.717, 1.165) is 19.3 Å². The monoisotopic (exact) mass is 358 g/mol. The number of likely N-dealkylation sites (tertiary alicyclic amines) is 1. The SMILES string of the molecule is CC(C)NC(=O)[C@@H]1CN(C(=O)CCc2ccccc2)CC12CCOCC2. The van der Waals surface area contributed by atoms with Gasteiger partial charge in [0.1, 0.15) is 0 Å². The van der Waals surface area contributed by atoms with Gasteiger partial charge in [-0.2, -0.15) is 0 Å². The predicted molar refractivity (Wildman–Crippen MR) is 101 cm³/mol. The topological polar surface area (TPSA) is 58.6 Å². The van der Waals surface area contributed by atoms with E-state index in [-0.39, 0.29) is 29.2 Å². The second-order valence-corrected chi connectivity index (χ2v) is 7.95. The van der Waals surface area contributed by atoms with Crippen molar-refractivity contribution in [1.29, 1.82) is 0 Å². The molecule has 5 heteroatoms. The summed E-state index contributed by atoms with van der Waals surface area (Å²) < 4.78 is 5.53. The van der Waals surface area contributed by atoms with Crippen LogP contribution in [0.25, 0.3) is 0 Å². The minimum atomic E-state index is -0.130. The summed E-state index contributed by atoms with van der Waals surface area (Å²) in [5.74, 6) is 0.106. The first kappa shape index (κ1) is 18.9. The van der Waals surface area contributed by atoms with Crippen LogP contribution in [0.2, 0.25) is 0 Å². The van der Waals surface area contributed by atoms with E-state index in [1.165, 1.54) is 5.56 Å². The number of ether oxygens (including phenoxy) is 1. The number of hydrogen-bond acceptors (Lipinski definition) is 3. The highest BCUT2D eigenvalue weighted by Crippen LogP contribution is 2.44. The van der Waals surface area contributed by atoms with Gasteiger partial charge >= 0.3 is 0 Å². The van der Waals surface area contributed by atoms with Crippen molar-refractivity contribution in [3.8, 4) is 0 Å². The molecule has 0 saturated carbocycles. The Balaban J connectivity index is 1.67. The van der Waals surface area contributed by atoms with Crippen LogP contribution >= 0.6 is 0 Å². The molecule has 1 N–H and O–H groups in total. The fourth-order valence-corrected chi connectivity index (χ4v) is 4.24. The molecule has 0 aromatic heterocycles. The zero-order valence-corrected chi connectivity index (χ0v) is 15.9. The molecule has 2 aliphatic heterocycles. The molecule has 0 bridgehead atoms. The fraction of sp³-hybridized carbons (Fsp3) is 0.619. The summed E-state index contributed by atoms with van der Waals surface area (Å²) in [7, 11) is 0. The first-order valence-corrected chi connectivity index (χ1v) is 9.70. The smallest absolute Gasteiger partial charge is 0.225 e. The molecule has 0 aliphatic carbocycles. The summed E-state index contributed by atoms with van der Waals surface area (Å²) in [6.45, 7) is 6.53. The molecular weight excluding hydrogens is 328 g/mol. The minimum absolute atomic E-state index is 0.0836. The van der Waals surface area contributed by atoms with Gasteiger partial charge in [-0.15, -0.1) is 0 Å². The Hall–Kier alpha value is -1.88. The lowest BCUT2D eigenvalue weighted by Gasteiger charge is -2.37. The quantitative estimate of drug-likeness (QED) is 0.879. The van der Waals surface area contributed by atoms with Gasteiger partial charge in [-0.05, 0) is 38.7 Å². The third kappa shape index (κ3) is 4.26. The van der Waals surface area contributed by atoms with E-state index in [4.69, 9.17) is 4.74 Å². The number of nitrogens with zero attached hydrogens (tertiary/aromatic N) is 1. The second-order valence-electron chi connectivity index (χ2n) is 7.95. The van der Waals surface area contributed by atoms with Crippen LogP contribution in [0.5, 0.6) is 0 Å². The molecule has 3 rings (SSSR count). The molecule has 1 aromatic carbocycles. The van der Waals surface area contributed by atoms with Gasteiger partial charge in [0, 0.05) is 44.2 Å². The second kappa shape index (κ2) is 8.21. The molecule has 2 aliphatic rings. The third-order valence-corrected chi connectivity index (χ3v) is 5.71. The van der Waals surface area contributed by atoms with Crippen LogP contribution in [0, 0.1) is 11.3 Å². The van der Waals surface area contributed by atoms with Crippen molar-refractivity contribution in [3.05, 3.63) is 35.9 Å². The predicted octanol–water partition coefficient (Wildman–Crippen LogP) is 2.40. The zero-order valence-electron chi connectivity index (χ0n) is 15.9. The van der Waals surface area contributed by atoms with Gasteiger partial charge in [0.15, 0.2) is 0 Å². The Morgan fingerprint density at radius 2 is 1.92 bits per heavy atom. The van der Waals surface area contributed by atoms with Gasteiger partial charge in [-0.1, -0.05) is 30.3 Å². The van der Waals surface area contributed by atoms with Crippen LogP contribution in [-0.4, -0.2) is 49.1 Å². The highest BCUT2D eigenvalue weighted by Gasteiger charge is 2.51. The van der Waals surface area contributed by atoms with Gasteiger partial charge in [-0.3, -0.25) is 9.59 Å². The van der Waals surface area contributed by atoms with Crippen molar-refractivity contribution in [3.63, 3.8) is 0 Å². The maximum Gasteiger partial charge on any atom is 0.225 e. The zero-order chi connectivity index (χ0) is 18.6. The summed E-state index contributed by atoms with van der Waals surface area (Å²) in [6, 6.07) is 10.2. The maximum atomic E-state index is 12.8. The van der Waals surface area contributed by atoms with Crippen LogP contribution in [0.15, 0.2) is 30.3 Å². The normalized spacial score (nSPS) is 22.0. The average Bonchev–Trinajstić information content (AvgIpc) is 2.99. The number of aryl methyl sites for hydroxylation is 1. The molecule has 2 amide bonds. The molecule has 2 saturated heterocycles. The van der Waals surface area contributed by atoms with Crippen molar-refractivity contribution in [1.82, 2.24) is 10.2 Å². The number of benzene rings is 1. The van der Waals surface area contributed by atoms with Crippen molar-refractivity contribution in [2.24, 2.45) is 11.3 Å². The van der Waals surface area contributed by atoms with E-state index in [2.05, 4.69) is 17.4 Å². The van der Waals surface area contributed by atoms with E-state index in [1.54, 1.807) is 0 Å². The third-order valence-electron chi connectivity index (χ3n) is 5.71. The molecule has 0 radical (unpaired) electrons. The number of rotatable bonds is 5. The number of carbonyl (C=O) groups is 2. The Kier molecular flexibility index (Phi) is 5.97. The van der Waals surface area contributed by atoms with Crippen LogP contribution in [0.4, 0.5) is 0 Å². The molecule has 2 fully saturated rings. The number of amides is 2. The first-order valence-electron chi connectivity index (χ1n) is 9.70. The summed E-state index contributed by atoms with van der Waals surface area (Å²) in [4.78, 5) is 27.5. The van der Waals surface area contributed by atoms with Gasteiger partial charge in [0.2, 0.25) is 11.8 Å². The Morgan fingerprint density at radius 3 is 2.58 bits per heavy atom. The van der Waals surface area contributed by atoms with Crippen LogP contribution in [-0.2, 0) is 20.7 Å². The van der Waals surface area contributed by atoms with Crippen molar-refractivity contribution < 1.29 is 14.3 Å². The standard InChI is InChI=1S/C21H30N2O3/c1-16(2)22-20(25)18-14-23(15-21(18)10-12-26-13-11-21)19(24)9-8-17-6-4-3-5-7-17/h3-7,16,18H,8-15H2,1-2H3,(H,22,25)/t18-/m0/s1. The lowest BCUT2D eigenvalue weighted by Crippen LogP contribution is -2.46. The van der Waals surface area contributed by atoms with E-state index in [0.29, 0.717) is 32.7 Å². The van der Waals surface area contributed by atoms with Crippen molar-refractivity contribution in [2.45, 2.75) is 45.6 Å². The van der Waals surface area contributed by atoms with Crippen molar-refractivity contribution in [2.75, 3.05) is 26.3 Å². The van der Waals surface area contributed by atoms with Crippen LogP contribution < -0.4 is 5.32 Å². The van der Waals surface area contributed by atoms with Crippen LogP contribution in [0.1, 0.15) is 38.7 Å². The number of hydrogen-bond donors (Lipinski definition) is 1. The lowest BCUT2D eigenvalue weighted by atomic mass is 9.71. The maximum absolute atomic E-state index is 12.8. The molecule has 142 valence electrons. The summed E-state index contributed by atoms with van der Waals surface area (Å²) in [5.41, 5.74) is 1.05. The largest absolute Gasteiger partial charge is 0.381 e. The van der Waals surface area contributed by atoms with Gasteiger partial charge < -0.3 is 15.0 Å². The minimum Gasteiger partial charge on any atom is -0.381 e. The van der Waals surface area contributed by atoms with E-state index < -0.39 is 0 Å². The van der Waals surface area contributed by atoms with Crippen molar-refractivity contribution >= 4 is 11.8 Å². The molecule has 0 unspecified atom stereocenters. The molecule has 1 atom stereocenters. The highest BCUT2D eigenvalue weighted by atomic mass is 16.5. The lowest BCUT2D eigenvalue weighted by molar-refractivity contribution is -0.130. The molecule has 1 aromatic rings. The number of carbonyl (C=O) groups excluding carboxylic acids is 2. The van der Waals surface area contributed by atoms with E-state index >= 15 is 0 Å². The van der Waals surface area contributed by atoms with Crippen LogP contribution in [0.3, 0.4) is 0 Å². The van der Waals surface area contributed by atoms with Gasteiger partial charge in [-0.25, -0.2) is 0 Å². The Labute approximate surface area is 156 Å². The van der Waals surface area contributed by atoms with E-state index in [9.17, 15) is 9.59 Å². The summed E-state index contributed by atoms with van der Waals surface area (Å²) in [6.07, 6.45) is 2.95. The molecule has 26 heavy (non-hydrogen) atoms. The molecular formula is C21H30N2O3. The first-order chi connectivity index (χ1) is 12.5. The number of nitrogens with one attached hydrogen (secondary N) is 1.